The van der Waals surface area contributed by atoms with Crippen LogP contribution in [0.15, 0.2) is 53.4 Å². The molecule has 5 nitrogen and oxygen atoms in total. The number of nitrogens with one attached hydrogen (secondary N) is 2. The van der Waals surface area contributed by atoms with Gasteiger partial charge in [-0.1, -0.05) is 36.4 Å². The topological polar surface area (TPSA) is 53.9 Å². The number of rotatable bonds is 4. The molecule has 2 aliphatic rings. The average molecular weight is 397 g/mol. The number of amides is 2. The molecule has 2 amide bonds. The van der Waals surface area contributed by atoms with Crippen LogP contribution in [-0.2, 0) is 16.1 Å². The summed E-state index contributed by atoms with van der Waals surface area (Å²) in [5.74, 6) is 0.0165. The van der Waals surface area contributed by atoms with Crippen LogP contribution in [0.4, 0.5) is 5.69 Å². The van der Waals surface area contributed by atoms with Crippen LogP contribution in [0.25, 0.3) is 0 Å². The normalized spacial score (nSPS) is 19.8. The number of anilines is 1. The maximum Gasteiger partial charge on any atom is 0.238 e. The van der Waals surface area contributed by atoms with Crippen LogP contribution in [0, 0.1) is 6.92 Å². The number of benzene rings is 2. The van der Waals surface area contributed by atoms with Gasteiger partial charge in [0, 0.05) is 16.9 Å². The van der Waals surface area contributed by atoms with Crippen molar-refractivity contribution < 1.29 is 14.5 Å². The van der Waals surface area contributed by atoms with Crippen LogP contribution in [0.2, 0.25) is 0 Å². The lowest BCUT2D eigenvalue weighted by molar-refractivity contribution is -0.917. The van der Waals surface area contributed by atoms with E-state index in [1.54, 1.807) is 0 Å². The molecule has 0 spiro atoms. The van der Waals surface area contributed by atoms with E-state index in [4.69, 9.17) is 0 Å². The third kappa shape index (κ3) is 4.23. The quantitative estimate of drug-likeness (QED) is 0.828. The Bertz CT molecular complexity index is 878. The number of thioether (sulfide) groups is 1. The van der Waals surface area contributed by atoms with Gasteiger partial charge in [0.15, 0.2) is 0 Å². The maximum absolute atomic E-state index is 12.8. The lowest BCUT2D eigenvalue weighted by atomic mass is 10.1. The zero-order valence-corrected chi connectivity index (χ0v) is 16.9. The zero-order chi connectivity index (χ0) is 19.5. The van der Waals surface area contributed by atoms with Gasteiger partial charge in [0.2, 0.25) is 11.8 Å². The van der Waals surface area contributed by atoms with Gasteiger partial charge in [-0.15, -0.1) is 11.8 Å². The number of para-hydroxylation sites is 1. The van der Waals surface area contributed by atoms with E-state index in [0.29, 0.717) is 0 Å². The second kappa shape index (κ2) is 8.37. The molecule has 2 aliphatic heterocycles. The predicted octanol–water partition coefficient (Wildman–Crippen LogP) is 1.73. The minimum absolute atomic E-state index is 0.0686. The molecule has 0 unspecified atom stereocenters. The van der Waals surface area contributed by atoms with Gasteiger partial charge in [-0.3, -0.25) is 9.59 Å². The summed E-state index contributed by atoms with van der Waals surface area (Å²) in [6.45, 7) is 6.58. The van der Waals surface area contributed by atoms with Crippen LogP contribution in [0.3, 0.4) is 0 Å². The van der Waals surface area contributed by atoms with Gasteiger partial charge in [0.05, 0.1) is 37.1 Å². The summed E-state index contributed by atoms with van der Waals surface area (Å²) >= 11 is 1.50. The lowest BCUT2D eigenvalue weighted by Gasteiger charge is -2.33. The van der Waals surface area contributed by atoms with Gasteiger partial charge in [0.25, 0.3) is 0 Å². The van der Waals surface area contributed by atoms with Crippen molar-refractivity contribution in [3.8, 4) is 0 Å². The highest BCUT2D eigenvalue weighted by Gasteiger charge is 2.32. The van der Waals surface area contributed by atoms with E-state index >= 15 is 0 Å². The Morgan fingerprint density at radius 3 is 2.64 bits per heavy atom. The van der Waals surface area contributed by atoms with Crippen molar-refractivity contribution >= 4 is 29.3 Å². The van der Waals surface area contributed by atoms with Gasteiger partial charge in [-0.25, -0.2) is 0 Å². The van der Waals surface area contributed by atoms with E-state index in [2.05, 4.69) is 36.5 Å². The molecule has 6 heteroatoms. The van der Waals surface area contributed by atoms with Crippen LogP contribution >= 0.6 is 11.8 Å². The van der Waals surface area contributed by atoms with Crippen LogP contribution < -0.4 is 10.2 Å². The molecule has 2 heterocycles. The monoisotopic (exact) mass is 396 g/mol. The minimum atomic E-state index is -0.347. The fourth-order valence-electron chi connectivity index (χ4n) is 3.84. The number of aryl methyl sites for hydroxylation is 1. The van der Waals surface area contributed by atoms with E-state index in [9.17, 15) is 9.59 Å². The van der Waals surface area contributed by atoms with Gasteiger partial charge in [0.1, 0.15) is 6.54 Å². The molecule has 1 fully saturated rings. The summed E-state index contributed by atoms with van der Waals surface area (Å²) in [6.07, 6.45) is 0.262. The molecular weight excluding hydrogens is 370 g/mol. The Balaban J connectivity index is 1.30. The minimum Gasteiger partial charge on any atom is -0.331 e. The van der Waals surface area contributed by atoms with Crippen molar-refractivity contribution in [1.29, 1.82) is 0 Å². The van der Waals surface area contributed by atoms with Crippen LogP contribution in [0.5, 0.6) is 0 Å². The number of carbonyl (C=O) groups excluding carboxylic acids is 2. The Hall–Kier alpha value is -2.31. The number of carbonyl (C=O) groups is 2. The number of hydrogen-bond acceptors (Lipinski definition) is 3. The highest BCUT2D eigenvalue weighted by atomic mass is 32.2. The predicted molar refractivity (Wildman–Crippen MR) is 111 cm³/mol. The summed E-state index contributed by atoms with van der Waals surface area (Å²) in [5, 5.41) is 2.58. The Kier molecular flexibility index (Phi) is 5.69. The van der Waals surface area contributed by atoms with E-state index in [0.717, 1.165) is 43.3 Å². The van der Waals surface area contributed by atoms with Crippen LogP contribution in [0.1, 0.15) is 17.5 Å². The first-order chi connectivity index (χ1) is 13.6. The number of quaternary nitrogens is 1. The first kappa shape index (κ1) is 19.0. The standard InChI is InChI=1S/C22H25N3O2S/c1-16-6-2-3-7-17(16)15-24-10-12-25(13-11-24)21(26)14-20-22(27)23-18-8-4-5-9-19(18)28-20/h2-9,20H,10-15H2,1H3,(H,23,27)/p+1/t20-/m0/s1. The fourth-order valence-corrected chi connectivity index (χ4v) is 4.94. The van der Waals surface area contributed by atoms with E-state index < -0.39 is 0 Å². The van der Waals surface area contributed by atoms with Crippen molar-refractivity contribution in [1.82, 2.24) is 4.90 Å². The third-order valence-corrected chi connectivity index (χ3v) is 6.87. The second-order valence-corrected chi connectivity index (χ2v) is 8.77. The molecule has 1 atom stereocenters. The SMILES string of the molecule is Cc1ccccc1C[NH+]1CCN(C(=O)C[C@@H]2Sc3ccccc3NC2=O)CC1. The molecule has 0 aliphatic carbocycles. The third-order valence-electron chi connectivity index (χ3n) is 5.59. The largest absolute Gasteiger partial charge is 0.331 e. The van der Waals surface area contributed by atoms with E-state index in [-0.39, 0.29) is 23.5 Å². The fraction of sp³-hybridized carbons (Fsp3) is 0.364. The summed E-state index contributed by atoms with van der Waals surface area (Å²) in [7, 11) is 0. The summed E-state index contributed by atoms with van der Waals surface area (Å²) < 4.78 is 0. The first-order valence-corrected chi connectivity index (χ1v) is 10.7. The molecular formula is C22H26N3O2S+. The van der Waals surface area contributed by atoms with Crippen molar-refractivity contribution in [2.75, 3.05) is 31.5 Å². The Morgan fingerprint density at radius 1 is 1.14 bits per heavy atom. The maximum atomic E-state index is 12.8. The van der Waals surface area contributed by atoms with Crippen molar-refractivity contribution in [2.24, 2.45) is 0 Å². The van der Waals surface area contributed by atoms with E-state index in [1.807, 2.05) is 29.2 Å². The summed E-state index contributed by atoms with van der Waals surface area (Å²) in [6, 6.07) is 16.3. The molecule has 28 heavy (non-hydrogen) atoms. The van der Waals surface area contributed by atoms with Gasteiger partial charge < -0.3 is 15.1 Å². The average Bonchev–Trinajstić information content (AvgIpc) is 2.71. The lowest BCUT2D eigenvalue weighted by Crippen LogP contribution is -3.13. The van der Waals surface area contributed by atoms with Crippen molar-refractivity contribution in [3.63, 3.8) is 0 Å². The Labute approximate surface area is 170 Å². The smallest absolute Gasteiger partial charge is 0.238 e. The van der Waals surface area contributed by atoms with E-state index in [1.165, 1.54) is 27.8 Å². The van der Waals surface area contributed by atoms with Gasteiger partial charge in [-0.2, -0.15) is 0 Å². The Morgan fingerprint density at radius 2 is 1.86 bits per heavy atom. The molecule has 146 valence electrons. The second-order valence-electron chi connectivity index (χ2n) is 7.53. The van der Waals surface area contributed by atoms with Crippen molar-refractivity contribution in [2.45, 2.75) is 30.0 Å². The highest BCUT2D eigenvalue weighted by Crippen LogP contribution is 2.36. The van der Waals surface area contributed by atoms with Crippen molar-refractivity contribution in [3.05, 3.63) is 59.7 Å². The summed E-state index contributed by atoms with van der Waals surface area (Å²) in [5.41, 5.74) is 3.55. The number of hydrogen-bond donors (Lipinski definition) is 2. The number of piperazine rings is 1. The highest BCUT2D eigenvalue weighted by molar-refractivity contribution is 8.01. The molecule has 2 N–H and O–H groups in total. The van der Waals surface area contributed by atoms with Gasteiger partial charge in [-0.05, 0) is 24.6 Å². The molecule has 2 aromatic rings. The molecule has 2 aromatic carbocycles. The van der Waals surface area contributed by atoms with Gasteiger partial charge >= 0.3 is 0 Å². The number of nitrogens with zero attached hydrogens (tertiary/aromatic N) is 1. The first-order valence-electron chi connectivity index (χ1n) is 9.82. The number of fused-ring (bicyclic) bond motifs is 1. The summed E-state index contributed by atoms with van der Waals surface area (Å²) in [4.78, 5) is 29.6. The molecule has 4 rings (SSSR count). The molecule has 0 bridgehead atoms. The molecule has 0 saturated carbocycles. The molecule has 1 saturated heterocycles. The molecule has 0 radical (unpaired) electrons. The van der Waals surface area contributed by atoms with Crippen LogP contribution in [-0.4, -0.2) is 48.1 Å². The zero-order valence-electron chi connectivity index (χ0n) is 16.1. The molecule has 0 aromatic heterocycles.